The van der Waals surface area contributed by atoms with Crippen molar-refractivity contribution in [3.63, 3.8) is 0 Å². The lowest BCUT2D eigenvalue weighted by molar-refractivity contribution is 0.102. The second-order valence-corrected chi connectivity index (χ2v) is 6.93. The van der Waals surface area contributed by atoms with Gasteiger partial charge in [0, 0.05) is 17.3 Å². The van der Waals surface area contributed by atoms with Crippen LogP contribution in [0.25, 0.3) is 10.6 Å². The maximum Gasteiger partial charge on any atom is 0.257 e. The van der Waals surface area contributed by atoms with Gasteiger partial charge in [0.2, 0.25) is 5.88 Å². The first-order chi connectivity index (χ1) is 14.0. The fraction of sp³-hybridized carbons (Fsp3) is 0.150. The molecule has 0 saturated heterocycles. The van der Waals surface area contributed by atoms with Crippen molar-refractivity contribution in [2.24, 2.45) is 10.7 Å². The fourth-order valence-corrected chi connectivity index (χ4v) is 3.51. The SMILES string of the molecule is CCOc1nc(-c2ccnc(NC(=O)c3ccccc3C)c2)sc1C(N)=NC=N. The van der Waals surface area contributed by atoms with E-state index in [2.05, 4.69) is 20.3 Å². The highest BCUT2D eigenvalue weighted by Crippen LogP contribution is 2.33. The van der Waals surface area contributed by atoms with Gasteiger partial charge in [-0.1, -0.05) is 18.2 Å². The summed E-state index contributed by atoms with van der Waals surface area (Å²) in [7, 11) is 0. The van der Waals surface area contributed by atoms with Crippen molar-refractivity contribution in [3.8, 4) is 16.5 Å². The van der Waals surface area contributed by atoms with Gasteiger partial charge < -0.3 is 15.8 Å². The largest absolute Gasteiger partial charge is 0.477 e. The summed E-state index contributed by atoms with van der Waals surface area (Å²) in [5, 5.41) is 10.6. The number of ether oxygens (including phenoxy) is 1. The number of carbonyl (C=O) groups excluding carboxylic acids is 1. The van der Waals surface area contributed by atoms with E-state index < -0.39 is 0 Å². The number of anilines is 1. The van der Waals surface area contributed by atoms with Crippen LogP contribution in [-0.4, -0.2) is 34.7 Å². The van der Waals surface area contributed by atoms with E-state index in [9.17, 15) is 4.79 Å². The monoisotopic (exact) mass is 408 g/mol. The van der Waals surface area contributed by atoms with Crippen LogP contribution in [0, 0.1) is 12.3 Å². The van der Waals surface area contributed by atoms with Crippen LogP contribution in [0.1, 0.15) is 27.7 Å². The zero-order valence-corrected chi connectivity index (χ0v) is 16.8. The topological polar surface area (TPSA) is 126 Å². The number of rotatable bonds is 7. The second kappa shape index (κ2) is 9.07. The van der Waals surface area contributed by atoms with Gasteiger partial charge in [-0.25, -0.2) is 15.0 Å². The summed E-state index contributed by atoms with van der Waals surface area (Å²) in [6, 6.07) is 10.9. The summed E-state index contributed by atoms with van der Waals surface area (Å²) in [6.07, 6.45) is 2.47. The maximum absolute atomic E-state index is 12.5. The molecule has 148 valence electrons. The van der Waals surface area contributed by atoms with Crippen molar-refractivity contribution in [2.75, 3.05) is 11.9 Å². The Hall–Kier alpha value is -3.59. The van der Waals surface area contributed by atoms with E-state index in [1.807, 2.05) is 32.0 Å². The van der Waals surface area contributed by atoms with Crippen molar-refractivity contribution in [1.82, 2.24) is 9.97 Å². The molecule has 0 aliphatic rings. The third kappa shape index (κ3) is 4.64. The zero-order valence-electron chi connectivity index (χ0n) is 16.0. The molecule has 2 heterocycles. The van der Waals surface area contributed by atoms with Gasteiger partial charge in [0.1, 0.15) is 27.9 Å². The third-order valence-electron chi connectivity index (χ3n) is 3.95. The van der Waals surface area contributed by atoms with Crippen LogP contribution in [0.5, 0.6) is 5.88 Å². The molecule has 0 unspecified atom stereocenters. The molecule has 9 heteroatoms. The molecule has 0 bridgehead atoms. The molecule has 0 aliphatic heterocycles. The van der Waals surface area contributed by atoms with Crippen LogP contribution in [-0.2, 0) is 0 Å². The van der Waals surface area contributed by atoms with Gasteiger partial charge >= 0.3 is 0 Å². The van der Waals surface area contributed by atoms with Crippen molar-refractivity contribution in [1.29, 1.82) is 5.41 Å². The molecule has 8 nitrogen and oxygen atoms in total. The summed E-state index contributed by atoms with van der Waals surface area (Å²) < 4.78 is 5.55. The molecule has 0 atom stereocenters. The van der Waals surface area contributed by atoms with Gasteiger partial charge in [0.05, 0.1) is 6.61 Å². The highest BCUT2D eigenvalue weighted by atomic mass is 32.1. The van der Waals surface area contributed by atoms with E-state index in [0.29, 0.717) is 33.8 Å². The van der Waals surface area contributed by atoms with Crippen molar-refractivity contribution in [2.45, 2.75) is 13.8 Å². The highest BCUT2D eigenvalue weighted by molar-refractivity contribution is 7.17. The Balaban J connectivity index is 1.90. The van der Waals surface area contributed by atoms with Crippen molar-refractivity contribution in [3.05, 3.63) is 58.6 Å². The Bertz CT molecular complexity index is 1080. The number of amidine groups is 1. The Morgan fingerprint density at radius 1 is 1.38 bits per heavy atom. The van der Waals surface area contributed by atoms with Gasteiger partial charge in [0.25, 0.3) is 5.91 Å². The summed E-state index contributed by atoms with van der Waals surface area (Å²) in [5.74, 6) is 0.698. The average Bonchev–Trinajstić information content (AvgIpc) is 3.13. The van der Waals surface area contributed by atoms with Gasteiger partial charge in [-0.2, -0.15) is 0 Å². The normalized spacial score (nSPS) is 11.2. The third-order valence-corrected chi connectivity index (χ3v) is 5.06. The standard InChI is InChI=1S/C20H20N6O2S/c1-3-28-19-16(17(22)24-11-21)29-20(26-19)13-8-9-23-15(10-13)25-18(27)14-7-5-4-6-12(14)2/h4-11H,3H2,1-2H3,(H3,21,22,24)(H,23,25,27). The molecule has 0 radical (unpaired) electrons. The number of aliphatic imine (C=N–C) groups is 1. The maximum atomic E-state index is 12.5. The van der Waals surface area contributed by atoms with Crippen LogP contribution < -0.4 is 15.8 Å². The summed E-state index contributed by atoms with van der Waals surface area (Å²) in [6.45, 7) is 4.14. The summed E-state index contributed by atoms with van der Waals surface area (Å²) >= 11 is 1.29. The molecule has 0 spiro atoms. The minimum atomic E-state index is -0.232. The molecule has 1 aromatic carbocycles. The quantitative estimate of drug-likeness (QED) is 0.407. The summed E-state index contributed by atoms with van der Waals surface area (Å²) in [4.78, 5) is 25.6. The lowest BCUT2D eigenvalue weighted by atomic mass is 10.1. The first kappa shape index (κ1) is 20.2. The highest BCUT2D eigenvalue weighted by Gasteiger charge is 2.18. The number of carbonyl (C=O) groups is 1. The van der Waals surface area contributed by atoms with E-state index in [0.717, 1.165) is 17.5 Å². The predicted octanol–water partition coefficient (Wildman–Crippen LogP) is 3.48. The molecule has 3 aromatic rings. The smallest absolute Gasteiger partial charge is 0.257 e. The second-order valence-electron chi connectivity index (χ2n) is 5.93. The number of thiazole rings is 1. The van der Waals surface area contributed by atoms with Crippen LogP contribution in [0.15, 0.2) is 47.6 Å². The predicted molar refractivity (Wildman–Crippen MR) is 115 cm³/mol. The fourth-order valence-electron chi connectivity index (χ4n) is 2.60. The van der Waals surface area contributed by atoms with E-state index in [1.165, 1.54) is 11.3 Å². The summed E-state index contributed by atoms with van der Waals surface area (Å²) in [5.41, 5.74) is 8.14. The van der Waals surface area contributed by atoms with Crippen LogP contribution >= 0.6 is 11.3 Å². The molecule has 0 saturated carbocycles. The minimum absolute atomic E-state index is 0.161. The number of aromatic nitrogens is 2. The number of amides is 1. The Kier molecular flexibility index (Phi) is 6.30. The number of benzene rings is 1. The van der Waals surface area contributed by atoms with Crippen molar-refractivity contribution >= 4 is 35.2 Å². The number of pyridine rings is 1. The minimum Gasteiger partial charge on any atom is -0.477 e. The first-order valence-corrected chi connectivity index (χ1v) is 9.64. The van der Waals surface area contributed by atoms with E-state index in [-0.39, 0.29) is 11.7 Å². The lowest BCUT2D eigenvalue weighted by Gasteiger charge is -2.07. The van der Waals surface area contributed by atoms with Gasteiger partial charge in [0.15, 0.2) is 0 Å². The van der Waals surface area contributed by atoms with Crippen LogP contribution in [0.4, 0.5) is 5.82 Å². The number of nitrogens with zero attached hydrogens (tertiary/aromatic N) is 3. The molecule has 0 fully saturated rings. The molecule has 1 amide bonds. The molecule has 3 rings (SSSR count). The van der Waals surface area contributed by atoms with Crippen LogP contribution in [0.2, 0.25) is 0 Å². The molecule has 29 heavy (non-hydrogen) atoms. The van der Waals surface area contributed by atoms with Gasteiger partial charge in [-0.15, -0.1) is 11.3 Å². The van der Waals surface area contributed by atoms with Gasteiger partial charge in [-0.05, 0) is 37.6 Å². The Morgan fingerprint density at radius 3 is 2.90 bits per heavy atom. The number of hydrogen-bond acceptors (Lipinski definition) is 6. The molecular weight excluding hydrogens is 388 g/mol. The number of aryl methyl sites for hydroxylation is 1. The van der Waals surface area contributed by atoms with Crippen LogP contribution in [0.3, 0.4) is 0 Å². The lowest BCUT2D eigenvalue weighted by Crippen LogP contribution is -2.14. The zero-order chi connectivity index (χ0) is 20.8. The van der Waals surface area contributed by atoms with Gasteiger partial charge in [-0.3, -0.25) is 10.2 Å². The average molecular weight is 408 g/mol. The Morgan fingerprint density at radius 2 is 2.17 bits per heavy atom. The van der Waals surface area contributed by atoms with E-state index >= 15 is 0 Å². The number of nitrogens with two attached hydrogens (primary N) is 1. The first-order valence-electron chi connectivity index (χ1n) is 8.83. The number of hydrogen-bond donors (Lipinski definition) is 3. The molecule has 0 aliphatic carbocycles. The molecular formula is C20H20N6O2S. The van der Waals surface area contributed by atoms with E-state index in [1.54, 1.807) is 24.4 Å². The molecule has 2 aromatic heterocycles. The Labute approximate surface area is 172 Å². The van der Waals surface area contributed by atoms with E-state index in [4.69, 9.17) is 15.9 Å². The number of nitrogens with one attached hydrogen (secondary N) is 2. The molecule has 4 N–H and O–H groups in total. The van der Waals surface area contributed by atoms with Crippen molar-refractivity contribution < 1.29 is 9.53 Å².